The SMILES string of the molecule is CNC(Cc1ccc(C)cc1)C1(OC)CCCCCC1. The van der Waals surface area contributed by atoms with E-state index in [1.165, 1.54) is 49.7 Å². The van der Waals surface area contributed by atoms with Crippen molar-refractivity contribution in [1.29, 1.82) is 0 Å². The van der Waals surface area contributed by atoms with Gasteiger partial charge in [-0.05, 0) is 38.8 Å². The Balaban J connectivity index is 2.13. The zero-order valence-corrected chi connectivity index (χ0v) is 13.2. The normalized spacial score (nSPS) is 20.4. The van der Waals surface area contributed by atoms with Gasteiger partial charge in [0.15, 0.2) is 0 Å². The fourth-order valence-corrected chi connectivity index (χ4v) is 3.53. The highest BCUT2D eigenvalue weighted by Gasteiger charge is 2.38. The second-order valence-corrected chi connectivity index (χ2v) is 6.21. The lowest BCUT2D eigenvalue weighted by molar-refractivity contribution is -0.0509. The summed E-state index contributed by atoms with van der Waals surface area (Å²) in [5, 5.41) is 3.53. The number of hydrogen-bond acceptors (Lipinski definition) is 2. The Bertz CT molecular complexity index is 390. The molecule has 112 valence electrons. The Kier molecular flexibility index (Phi) is 5.62. The van der Waals surface area contributed by atoms with Crippen LogP contribution in [-0.4, -0.2) is 25.8 Å². The summed E-state index contributed by atoms with van der Waals surface area (Å²) >= 11 is 0. The Morgan fingerprint density at radius 1 is 1.10 bits per heavy atom. The molecule has 20 heavy (non-hydrogen) atoms. The van der Waals surface area contributed by atoms with E-state index in [9.17, 15) is 0 Å². The van der Waals surface area contributed by atoms with Gasteiger partial charge in [-0.1, -0.05) is 55.5 Å². The molecule has 1 unspecified atom stereocenters. The van der Waals surface area contributed by atoms with Crippen molar-refractivity contribution in [2.24, 2.45) is 0 Å². The zero-order chi connectivity index (χ0) is 14.4. The van der Waals surface area contributed by atoms with Crippen LogP contribution >= 0.6 is 0 Å². The van der Waals surface area contributed by atoms with E-state index < -0.39 is 0 Å². The molecule has 1 aliphatic rings. The van der Waals surface area contributed by atoms with Crippen LogP contribution in [0, 0.1) is 6.92 Å². The van der Waals surface area contributed by atoms with Crippen LogP contribution in [0.25, 0.3) is 0 Å². The minimum Gasteiger partial charge on any atom is -0.377 e. The van der Waals surface area contributed by atoms with E-state index in [-0.39, 0.29) is 5.60 Å². The number of hydrogen-bond donors (Lipinski definition) is 1. The van der Waals surface area contributed by atoms with Crippen molar-refractivity contribution in [1.82, 2.24) is 5.32 Å². The maximum absolute atomic E-state index is 6.05. The monoisotopic (exact) mass is 275 g/mol. The predicted molar refractivity (Wildman–Crippen MR) is 85.2 cm³/mol. The van der Waals surface area contributed by atoms with Crippen molar-refractivity contribution < 1.29 is 4.74 Å². The van der Waals surface area contributed by atoms with Gasteiger partial charge in [0.1, 0.15) is 0 Å². The lowest BCUT2D eigenvalue weighted by Crippen LogP contribution is -2.52. The van der Waals surface area contributed by atoms with Crippen LogP contribution in [0.4, 0.5) is 0 Å². The lowest BCUT2D eigenvalue weighted by atomic mass is 9.82. The second kappa shape index (κ2) is 7.24. The molecule has 0 aromatic heterocycles. The zero-order valence-electron chi connectivity index (χ0n) is 13.2. The largest absolute Gasteiger partial charge is 0.377 e. The third-order valence-corrected chi connectivity index (χ3v) is 4.90. The van der Waals surface area contributed by atoms with Gasteiger partial charge in [0.05, 0.1) is 5.60 Å². The van der Waals surface area contributed by atoms with Crippen molar-refractivity contribution in [3.8, 4) is 0 Å². The summed E-state index contributed by atoms with van der Waals surface area (Å²) in [4.78, 5) is 0. The number of benzene rings is 1. The molecule has 0 aliphatic heterocycles. The Hall–Kier alpha value is -0.860. The van der Waals surface area contributed by atoms with E-state index in [2.05, 4.69) is 43.6 Å². The van der Waals surface area contributed by atoms with Crippen LogP contribution in [0.15, 0.2) is 24.3 Å². The van der Waals surface area contributed by atoms with Crippen LogP contribution < -0.4 is 5.32 Å². The van der Waals surface area contributed by atoms with E-state index >= 15 is 0 Å². The van der Waals surface area contributed by atoms with Crippen molar-refractivity contribution >= 4 is 0 Å². The summed E-state index contributed by atoms with van der Waals surface area (Å²) in [5.74, 6) is 0. The number of likely N-dealkylation sites (N-methyl/N-ethyl adjacent to an activating group) is 1. The molecule has 0 spiro atoms. The average molecular weight is 275 g/mol. The van der Waals surface area contributed by atoms with Gasteiger partial charge >= 0.3 is 0 Å². The molecule has 0 saturated heterocycles. The molecule has 1 N–H and O–H groups in total. The molecule has 1 aromatic carbocycles. The summed E-state index contributed by atoms with van der Waals surface area (Å²) in [7, 11) is 3.97. The topological polar surface area (TPSA) is 21.3 Å². The van der Waals surface area contributed by atoms with Gasteiger partial charge in [0, 0.05) is 13.2 Å². The Morgan fingerprint density at radius 2 is 1.70 bits per heavy atom. The first-order valence-electron chi connectivity index (χ1n) is 7.98. The second-order valence-electron chi connectivity index (χ2n) is 6.21. The molecular weight excluding hydrogens is 246 g/mol. The van der Waals surface area contributed by atoms with Gasteiger partial charge < -0.3 is 10.1 Å². The Morgan fingerprint density at radius 3 is 2.20 bits per heavy atom. The third-order valence-electron chi connectivity index (χ3n) is 4.90. The van der Waals surface area contributed by atoms with E-state index in [4.69, 9.17) is 4.74 Å². The number of methoxy groups -OCH3 is 1. The number of rotatable bonds is 5. The molecule has 2 heteroatoms. The highest BCUT2D eigenvalue weighted by atomic mass is 16.5. The van der Waals surface area contributed by atoms with Crippen molar-refractivity contribution in [3.05, 3.63) is 35.4 Å². The van der Waals surface area contributed by atoms with Crippen LogP contribution in [-0.2, 0) is 11.2 Å². The summed E-state index contributed by atoms with van der Waals surface area (Å²) in [6.07, 6.45) is 8.70. The molecular formula is C18H29NO. The maximum atomic E-state index is 6.05. The number of aryl methyl sites for hydroxylation is 1. The fourth-order valence-electron chi connectivity index (χ4n) is 3.53. The van der Waals surface area contributed by atoms with Gasteiger partial charge in [-0.15, -0.1) is 0 Å². The first-order chi connectivity index (χ1) is 9.70. The minimum atomic E-state index is 0.0101. The molecule has 2 nitrogen and oxygen atoms in total. The number of nitrogens with one attached hydrogen (secondary N) is 1. The van der Waals surface area contributed by atoms with E-state index in [1.54, 1.807) is 0 Å². The lowest BCUT2D eigenvalue weighted by Gasteiger charge is -2.39. The first kappa shape index (κ1) is 15.5. The highest BCUT2D eigenvalue weighted by molar-refractivity contribution is 5.22. The van der Waals surface area contributed by atoms with Crippen molar-refractivity contribution in [2.75, 3.05) is 14.2 Å². The van der Waals surface area contributed by atoms with E-state index in [1.807, 2.05) is 7.11 Å². The van der Waals surface area contributed by atoms with Crippen LogP contribution in [0.2, 0.25) is 0 Å². The van der Waals surface area contributed by atoms with Crippen LogP contribution in [0.1, 0.15) is 49.7 Å². The quantitative estimate of drug-likeness (QED) is 0.824. The van der Waals surface area contributed by atoms with Crippen LogP contribution in [0.5, 0.6) is 0 Å². The van der Waals surface area contributed by atoms with E-state index in [0.717, 1.165) is 6.42 Å². The molecule has 2 rings (SSSR count). The first-order valence-corrected chi connectivity index (χ1v) is 7.98. The average Bonchev–Trinajstić information content (AvgIpc) is 2.73. The predicted octanol–water partition coefficient (Wildman–Crippen LogP) is 3.86. The smallest absolute Gasteiger partial charge is 0.0834 e. The standard InChI is InChI=1S/C18H29NO/c1-15-8-10-16(11-9-15)14-17(19-2)18(20-3)12-6-4-5-7-13-18/h8-11,17,19H,4-7,12-14H2,1-3H3. The van der Waals surface area contributed by atoms with Gasteiger partial charge in [0.25, 0.3) is 0 Å². The van der Waals surface area contributed by atoms with Gasteiger partial charge in [0.2, 0.25) is 0 Å². The Labute approximate surface area is 123 Å². The minimum absolute atomic E-state index is 0.0101. The van der Waals surface area contributed by atoms with E-state index in [0.29, 0.717) is 6.04 Å². The molecule has 0 heterocycles. The molecule has 1 aromatic rings. The maximum Gasteiger partial charge on any atom is 0.0834 e. The molecule has 0 bridgehead atoms. The van der Waals surface area contributed by atoms with Gasteiger partial charge in [-0.3, -0.25) is 0 Å². The summed E-state index contributed by atoms with van der Waals surface area (Å²) in [6.45, 7) is 2.14. The van der Waals surface area contributed by atoms with Gasteiger partial charge in [-0.25, -0.2) is 0 Å². The number of ether oxygens (including phenoxy) is 1. The highest BCUT2D eigenvalue weighted by Crippen LogP contribution is 2.34. The molecule has 1 atom stereocenters. The summed E-state index contributed by atoms with van der Waals surface area (Å²) < 4.78 is 6.05. The van der Waals surface area contributed by atoms with Crippen molar-refractivity contribution in [3.63, 3.8) is 0 Å². The molecule has 1 saturated carbocycles. The third kappa shape index (κ3) is 3.62. The summed E-state index contributed by atoms with van der Waals surface area (Å²) in [6, 6.07) is 9.30. The molecule has 0 amide bonds. The fraction of sp³-hybridized carbons (Fsp3) is 0.667. The summed E-state index contributed by atoms with van der Waals surface area (Å²) in [5.41, 5.74) is 2.73. The molecule has 1 fully saturated rings. The molecule has 1 aliphatic carbocycles. The van der Waals surface area contributed by atoms with Crippen LogP contribution in [0.3, 0.4) is 0 Å². The van der Waals surface area contributed by atoms with Crippen molar-refractivity contribution in [2.45, 2.75) is 63.5 Å². The van der Waals surface area contributed by atoms with Gasteiger partial charge in [-0.2, -0.15) is 0 Å². The molecule has 0 radical (unpaired) electrons.